The second-order valence-electron chi connectivity index (χ2n) is 4.62. The smallest absolute Gasteiger partial charge is 0.135 e. The van der Waals surface area contributed by atoms with Crippen LogP contribution in [0, 0.1) is 5.92 Å². The van der Waals surface area contributed by atoms with Crippen LogP contribution < -0.4 is 0 Å². The van der Waals surface area contributed by atoms with Gasteiger partial charge in [-0.15, -0.1) is 0 Å². The molecule has 1 aromatic heterocycles. The standard InChI is InChI=1S/C14H19NO/c16-14(12-6-1-2-7-12)10-5-9-13-8-3-4-11-15-13/h3-4,8,11-12H,1-2,5-7,9-10H2. The number of hydrogen-bond donors (Lipinski definition) is 0. The third-order valence-electron chi connectivity index (χ3n) is 3.39. The molecule has 0 N–H and O–H groups in total. The summed E-state index contributed by atoms with van der Waals surface area (Å²) < 4.78 is 0. The van der Waals surface area contributed by atoms with Gasteiger partial charge in [-0.25, -0.2) is 0 Å². The van der Waals surface area contributed by atoms with Crippen molar-refractivity contribution in [2.75, 3.05) is 0 Å². The van der Waals surface area contributed by atoms with E-state index in [1.807, 2.05) is 24.4 Å². The number of aromatic nitrogens is 1. The zero-order chi connectivity index (χ0) is 11.2. The third kappa shape index (κ3) is 3.16. The summed E-state index contributed by atoms with van der Waals surface area (Å²) in [5, 5.41) is 0. The van der Waals surface area contributed by atoms with Crippen molar-refractivity contribution in [2.24, 2.45) is 5.92 Å². The van der Waals surface area contributed by atoms with Crippen molar-refractivity contribution < 1.29 is 4.79 Å². The molecule has 0 aliphatic heterocycles. The highest BCUT2D eigenvalue weighted by Crippen LogP contribution is 2.26. The highest BCUT2D eigenvalue weighted by Gasteiger charge is 2.21. The SMILES string of the molecule is O=C(CCCc1ccccn1)C1CCCC1. The van der Waals surface area contributed by atoms with Gasteiger partial charge in [0.2, 0.25) is 0 Å². The van der Waals surface area contributed by atoms with Crippen LogP contribution in [0.3, 0.4) is 0 Å². The minimum atomic E-state index is 0.378. The lowest BCUT2D eigenvalue weighted by molar-refractivity contribution is -0.122. The molecule has 1 aliphatic rings. The van der Waals surface area contributed by atoms with Crippen molar-refractivity contribution in [1.29, 1.82) is 0 Å². The molecule has 86 valence electrons. The molecule has 1 aromatic rings. The maximum Gasteiger partial charge on any atom is 0.135 e. The third-order valence-corrected chi connectivity index (χ3v) is 3.39. The quantitative estimate of drug-likeness (QED) is 0.758. The lowest BCUT2D eigenvalue weighted by atomic mass is 9.98. The Morgan fingerprint density at radius 3 is 2.81 bits per heavy atom. The number of hydrogen-bond acceptors (Lipinski definition) is 2. The fraction of sp³-hybridized carbons (Fsp3) is 0.571. The molecule has 0 spiro atoms. The lowest BCUT2D eigenvalue weighted by Gasteiger charge is -2.07. The highest BCUT2D eigenvalue weighted by atomic mass is 16.1. The molecule has 0 aromatic carbocycles. The van der Waals surface area contributed by atoms with Gasteiger partial charge in [0.1, 0.15) is 5.78 Å². The van der Waals surface area contributed by atoms with Crippen LogP contribution in [-0.2, 0) is 11.2 Å². The number of pyridine rings is 1. The van der Waals surface area contributed by atoms with E-state index in [9.17, 15) is 4.79 Å². The molecule has 2 heteroatoms. The van der Waals surface area contributed by atoms with Crippen LogP contribution in [0.2, 0.25) is 0 Å². The molecule has 0 bridgehead atoms. The average Bonchev–Trinajstić information content (AvgIpc) is 2.84. The second kappa shape index (κ2) is 5.78. The maximum atomic E-state index is 11.8. The van der Waals surface area contributed by atoms with E-state index in [4.69, 9.17) is 0 Å². The van der Waals surface area contributed by atoms with Crippen molar-refractivity contribution in [3.05, 3.63) is 30.1 Å². The fourth-order valence-corrected chi connectivity index (χ4v) is 2.44. The largest absolute Gasteiger partial charge is 0.299 e. The first kappa shape index (κ1) is 11.3. The van der Waals surface area contributed by atoms with Crippen LogP contribution in [0.4, 0.5) is 0 Å². The minimum Gasteiger partial charge on any atom is -0.299 e. The Morgan fingerprint density at radius 1 is 1.31 bits per heavy atom. The predicted octanol–water partition coefficient (Wildman–Crippen LogP) is 3.16. The Kier molecular flexibility index (Phi) is 4.09. The van der Waals surface area contributed by atoms with Gasteiger partial charge in [-0.05, 0) is 37.8 Å². The van der Waals surface area contributed by atoms with Crippen LogP contribution in [-0.4, -0.2) is 10.8 Å². The average molecular weight is 217 g/mol. The van der Waals surface area contributed by atoms with Crippen LogP contribution in [0.15, 0.2) is 24.4 Å². The highest BCUT2D eigenvalue weighted by molar-refractivity contribution is 5.81. The van der Waals surface area contributed by atoms with Gasteiger partial charge in [0.15, 0.2) is 0 Å². The first-order valence-corrected chi connectivity index (χ1v) is 6.29. The zero-order valence-electron chi connectivity index (χ0n) is 9.69. The summed E-state index contributed by atoms with van der Waals surface area (Å²) in [6, 6.07) is 5.95. The molecular weight excluding hydrogens is 198 g/mol. The molecule has 0 amide bonds. The van der Waals surface area contributed by atoms with E-state index >= 15 is 0 Å². The maximum absolute atomic E-state index is 11.8. The molecule has 2 rings (SSSR count). The monoisotopic (exact) mass is 217 g/mol. The molecule has 1 saturated carbocycles. The van der Waals surface area contributed by atoms with Gasteiger partial charge in [-0.2, -0.15) is 0 Å². The summed E-state index contributed by atoms with van der Waals surface area (Å²) in [4.78, 5) is 16.1. The van der Waals surface area contributed by atoms with Gasteiger partial charge >= 0.3 is 0 Å². The number of aryl methyl sites for hydroxylation is 1. The zero-order valence-corrected chi connectivity index (χ0v) is 9.69. The van der Waals surface area contributed by atoms with E-state index < -0.39 is 0 Å². The van der Waals surface area contributed by atoms with Gasteiger partial charge in [-0.1, -0.05) is 18.9 Å². The summed E-state index contributed by atoms with van der Waals surface area (Å²) >= 11 is 0. The summed E-state index contributed by atoms with van der Waals surface area (Å²) in [7, 11) is 0. The van der Waals surface area contributed by atoms with Gasteiger partial charge in [0, 0.05) is 24.2 Å². The van der Waals surface area contributed by atoms with Crippen molar-refractivity contribution in [3.8, 4) is 0 Å². The van der Waals surface area contributed by atoms with Crippen molar-refractivity contribution in [3.63, 3.8) is 0 Å². The Morgan fingerprint density at radius 2 is 2.12 bits per heavy atom. The van der Waals surface area contributed by atoms with Crippen molar-refractivity contribution in [2.45, 2.75) is 44.9 Å². The number of rotatable bonds is 5. The Balaban J connectivity index is 1.70. The summed E-state index contributed by atoms with van der Waals surface area (Å²) in [6.07, 6.45) is 9.18. The molecule has 1 fully saturated rings. The van der Waals surface area contributed by atoms with Gasteiger partial charge < -0.3 is 0 Å². The summed E-state index contributed by atoms with van der Waals surface area (Å²) in [5.41, 5.74) is 1.10. The van der Waals surface area contributed by atoms with Crippen LogP contribution >= 0.6 is 0 Å². The Labute approximate surface area is 97.1 Å². The molecule has 1 aliphatic carbocycles. The summed E-state index contributed by atoms with van der Waals surface area (Å²) in [5.74, 6) is 0.858. The van der Waals surface area contributed by atoms with E-state index in [2.05, 4.69) is 4.98 Å². The first-order valence-electron chi connectivity index (χ1n) is 6.29. The predicted molar refractivity (Wildman–Crippen MR) is 64.1 cm³/mol. The van der Waals surface area contributed by atoms with E-state index in [1.54, 1.807) is 0 Å². The molecule has 2 nitrogen and oxygen atoms in total. The van der Waals surface area contributed by atoms with Crippen molar-refractivity contribution >= 4 is 5.78 Å². The van der Waals surface area contributed by atoms with E-state index in [0.717, 1.165) is 37.8 Å². The van der Waals surface area contributed by atoms with Gasteiger partial charge in [-0.3, -0.25) is 9.78 Å². The fourth-order valence-electron chi connectivity index (χ4n) is 2.44. The van der Waals surface area contributed by atoms with Crippen LogP contribution in [0.25, 0.3) is 0 Å². The number of ketones is 1. The number of Topliss-reactive ketones (excluding diaryl/α,β-unsaturated/α-hetero) is 1. The molecular formula is C14H19NO. The van der Waals surface area contributed by atoms with Crippen molar-refractivity contribution in [1.82, 2.24) is 4.98 Å². The molecule has 0 unspecified atom stereocenters. The topological polar surface area (TPSA) is 30.0 Å². The molecule has 0 atom stereocenters. The first-order chi connectivity index (χ1) is 7.86. The number of nitrogens with zero attached hydrogens (tertiary/aromatic N) is 1. The Bertz CT molecular complexity index is 328. The summed E-state index contributed by atoms with van der Waals surface area (Å²) in [6.45, 7) is 0. The normalized spacial score (nSPS) is 16.5. The Hall–Kier alpha value is -1.18. The second-order valence-corrected chi connectivity index (χ2v) is 4.62. The number of carbonyl (C=O) groups excluding carboxylic acids is 1. The van der Waals surface area contributed by atoms with E-state index in [1.165, 1.54) is 12.8 Å². The molecule has 0 saturated heterocycles. The molecule has 16 heavy (non-hydrogen) atoms. The van der Waals surface area contributed by atoms with E-state index in [-0.39, 0.29) is 0 Å². The van der Waals surface area contributed by atoms with Gasteiger partial charge in [0.25, 0.3) is 0 Å². The lowest BCUT2D eigenvalue weighted by Crippen LogP contribution is -2.10. The van der Waals surface area contributed by atoms with Crippen LogP contribution in [0.5, 0.6) is 0 Å². The van der Waals surface area contributed by atoms with Crippen LogP contribution in [0.1, 0.15) is 44.2 Å². The van der Waals surface area contributed by atoms with E-state index in [0.29, 0.717) is 11.7 Å². The minimum absolute atomic E-state index is 0.378. The van der Waals surface area contributed by atoms with Gasteiger partial charge in [0.05, 0.1) is 0 Å². The molecule has 1 heterocycles. The molecule has 0 radical (unpaired) electrons. The number of carbonyl (C=O) groups is 1.